The van der Waals surface area contributed by atoms with E-state index in [4.69, 9.17) is 0 Å². The highest BCUT2D eigenvalue weighted by molar-refractivity contribution is 6.07. The number of para-hydroxylation sites is 1. The molecule has 31 heavy (non-hydrogen) atoms. The second-order valence-electron chi connectivity index (χ2n) is 7.71. The Morgan fingerprint density at radius 2 is 1.42 bits per heavy atom. The molecule has 2 heteroatoms. The molecular formula is C29H24N2. The van der Waals surface area contributed by atoms with Gasteiger partial charge in [0, 0.05) is 30.6 Å². The van der Waals surface area contributed by atoms with Crippen LogP contribution in [0.15, 0.2) is 114 Å². The Kier molecular flexibility index (Phi) is 4.97. The van der Waals surface area contributed by atoms with Gasteiger partial charge >= 0.3 is 0 Å². The van der Waals surface area contributed by atoms with Crippen LogP contribution in [0.3, 0.4) is 0 Å². The number of aliphatic imine (C=N–C) groups is 1. The van der Waals surface area contributed by atoms with Gasteiger partial charge in [-0.15, -0.1) is 0 Å². The minimum atomic E-state index is 0.992. The predicted molar refractivity (Wildman–Crippen MR) is 133 cm³/mol. The number of nitrogens with zero attached hydrogens (tertiary/aromatic N) is 2. The van der Waals surface area contributed by atoms with E-state index in [0.717, 1.165) is 5.71 Å². The largest absolute Gasteiger partial charge is 0.343 e. The van der Waals surface area contributed by atoms with Gasteiger partial charge in [0.25, 0.3) is 0 Å². The molecule has 0 fully saturated rings. The fraction of sp³-hybridized carbons (Fsp3) is 0.0690. The summed E-state index contributed by atoms with van der Waals surface area (Å²) in [5, 5.41) is 1.27. The third-order valence-corrected chi connectivity index (χ3v) is 5.86. The monoisotopic (exact) mass is 400 g/mol. The van der Waals surface area contributed by atoms with E-state index in [-0.39, 0.29) is 0 Å². The fourth-order valence-electron chi connectivity index (χ4n) is 4.35. The van der Waals surface area contributed by atoms with Crippen LogP contribution in [0.1, 0.15) is 5.56 Å². The van der Waals surface area contributed by atoms with Gasteiger partial charge in [-0.2, -0.15) is 0 Å². The Morgan fingerprint density at radius 3 is 2.19 bits per heavy atom. The summed E-state index contributed by atoms with van der Waals surface area (Å²) in [5.41, 5.74) is 9.57. The SMILES string of the molecule is CN=C1C=CC(=Cc2ccccc2-c2c(-c3ccccc3)n(C)c3ccccc23)C=C1. The molecule has 4 aromatic rings. The molecule has 0 bridgehead atoms. The number of aromatic nitrogens is 1. The molecule has 1 heterocycles. The Morgan fingerprint density at radius 1 is 0.742 bits per heavy atom. The molecule has 0 spiro atoms. The molecule has 0 saturated heterocycles. The third kappa shape index (κ3) is 3.47. The van der Waals surface area contributed by atoms with Crippen molar-refractivity contribution < 1.29 is 0 Å². The standard InChI is InChI=1S/C29H24N2/c1-30-24-18-16-21(17-19-24)20-23-12-6-7-13-25(23)28-26-14-8-9-15-27(26)31(2)29(28)22-10-4-3-5-11-22/h3-20H,1-2H3. The first kappa shape index (κ1) is 19.1. The molecular weight excluding hydrogens is 376 g/mol. The molecule has 1 aliphatic rings. The summed E-state index contributed by atoms with van der Waals surface area (Å²) in [4.78, 5) is 4.25. The lowest BCUT2D eigenvalue weighted by Gasteiger charge is -2.12. The summed E-state index contributed by atoms with van der Waals surface area (Å²) in [6, 6.07) is 28.0. The van der Waals surface area contributed by atoms with Crippen molar-refractivity contribution in [3.8, 4) is 22.4 Å². The average Bonchev–Trinajstić information content (AvgIpc) is 3.13. The molecule has 5 rings (SSSR count). The van der Waals surface area contributed by atoms with Crippen LogP contribution in [0.5, 0.6) is 0 Å². The Labute approximate surface area is 183 Å². The van der Waals surface area contributed by atoms with Crippen molar-refractivity contribution in [1.29, 1.82) is 0 Å². The highest BCUT2D eigenvalue weighted by atomic mass is 15.0. The first-order valence-corrected chi connectivity index (χ1v) is 10.5. The summed E-state index contributed by atoms with van der Waals surface area (Å²) in [7, 11) is 3.98. The van der Waals surface area contributed by atoms with Gasteiger partial charge in [-0.3, -0.25) is 4.99 Å². The zero-order valence-corrected chi connectivity index (χ0v) is 17.8. The summed E-state index contributed by atoms with van der Waals surface area (Å²) in [5.74, 6) is 0. The zero-order chi connectivity index (χ0) is 21.2. The molecule has 0 radical (unpaired) electrons. The van der Waals surface area contributed by atoms with Crippen molar-refractivity contribution in [3.05, 3.63) is 114 Å². The highest BCUT2D eigenvalue weighted by Crippen LogP contribution is 2.42. The van der Waals surface area contributed by atoms with Crippen molar-refractivity contribution in [3.63, 3.8) is 0 Å². The van der Waals surface area contributed by atoms with Crippen LogP contribution in [0.25, 0.3) is 39.4 Å². The van der Waals surface area contributed by atoms with Crippen LogP contribution >= 0.6 is 0 Å². The summed E-state index contributed by atoms with van der Waals surface area (Å²) >= 11 is 0. The Hall–Kier alpha value is -3.91. The molecule has 2 nitrogen and oxygen atoms in total. The van der Waals surface area contributed by atoms with Gasteiger partial charge in [0.05, 0.1) is 11.4 Å². The van der Waals surface area contributed by atoms with E-state index in [0.29, 0.717) is 0 Å². The number of rotatable bonds is 3. The number of allylic oxidation sites excluding steroid dienone is 5. The van der Waals surface area contributed by atoms with E-state index in [2.05, 4.69) is 126 Å². The maximum Gasteiger partial charge on any atom is 0.0571 e. The summed E-state index contributed by atoms with van der Waals surface area (Å²) in [6.45, 7) is 0. The number of hydrogen-bond donors (Lipinski definition) is 0. The Balaban J connectivity index is 1.76. The topological polar surface area (TPSA) is 17.3 Å². The number of aryl methyl sites for hydroxylation is 1. The van der Waals surface area contributed by atoms with Gasteiger partial charge in [0.1, 0.15) is 0 Å². The molecule has 0 saturated carbocycles. The summed E-state index contributed by atoms with van der Waals surface area (Å²) < 4.78 is 2.31. The van der Waals surface area contributed by atoms with Gasteiger partial charge in [-0.1, -0.05) is 84.9 Å². The minimum Gasteiger partial charge on any atom is -0.343 e. The van der Waals surface area contributed by atoms with E-state index >= 15 is 0 Å². The molecule has 0 amide bonds. The quantitative estimate of drug-likeness (QED) is 0.349. The van der Waals surface area contributed by atoms with Crippen molar-refractivity contribution in [2.75, 3.05) is 7.05 Å². The first-order chi connectivity index (χ1) is 15.3. The molecule has 1 aliphatic carbocycles. The van der Waals surface area contributed by atoms with Gasteiger partial charge in [0.15, 0.2) is 0 Å². The van der Waals surface area contributed by atoms with Crippen molar-refractivity contribution in [2.45, 2.75) is 0 Å². The highest BCUT2D eigenvalue weighted by Gasteiger charge is 2.19. The Bertz CT molecular complexity index is 1360. The predicted octanol–water partition coefficient (Wildman–Crippen LogP) is 7.09. The maximum absolute atomic E-state index is 4.25. The average molecular weight is 401 g/mol. The smallest absolute Gasteiger partial charge is 0.0571 e. The molecule has 0 aliphatic heterocycles. The van der Waals surface area contributed by atoms with Crippen LogP contribution in [-0.4, -0.2) is 17.3 Å². The normalized spacial score (nSPS) is 13.1. The van der Waals surface area contributed by atoms with Crippen molar-refractivity contribution in [2.24, 2.45) is 12.0 Å². The van der Waals surface area contributed by atoms with E-state index in [1.165, 1.54) is 44.4 Å². The first-order valence-electron chi connectivity index (χ1n) is 10.5. The number of benzene rings is 3. The van der Waals surface area contributed by atoms with Crippen LogP contribution in [0, 0.1) is 0 Å². The molecule has 0 unspecified atom stereocenters. The van der Waals surface area contributed by atoms with Crippen LogP contribution in [0.2, 0.25) is 0 Å². The van der Waals surface area contributed by atoms with E-state index in [1.807, 2.05) is 7.05 Å². The lowest BCUT2D eigenvalue weighted by atomic mass is 9.93. The van der Waals surface area contributed by atoms with Crippen LogP contribution < -0.4 is 0 Å². The van der Waals surface area contributed by atoms with Gasteiger partial charge < -0.3 is 4.57 Å². The van der Waals surface area contributed by atoms with Crippen molar-refractivity contribution >= 4 is 22.7 Å². The summed E-state index contributed by atoms with van der Waals surface area (Å²) in [6.07, 6.45) is 10.6. The second kappa shape index (κ2) is 8.08. The molecule has 0 N–H and O–H groups in total. The van der Waals surface area contributed by atoms with Gasteiger partial charge in [-0.05, 0) is 46.6 Å². The molecule has 1 aromatic heterocycles. The van der Waals surface area contributed by atoms with E-state index in [9.17, 15) is 0 Å². The maximum atomic E-state index is 4.25. The van der Waals surface area contributed by atoms with E-state index in [1.54, 1.807) is 0 Å². The van der Waals surface area contributed by atoms with Crippen molar-refractivity contribution in [1.82, 2.24) is 4.57 Å². The molecule has 0 atom stereocenters. The minimum absolute atomic E-state index is 0.992. The lowest BCUT2D eigenvalue weighted by molar-refractivity contribution is 0.979. The lowest BCUT2D eigenvalue weighted by Crippen LogP contribution is -1.94. The van der Waals surface area contributed by atoms with E-state index < -0.39 is 0 Å². The number of hydrogen-bond acceptors (Lipinski definition) is 1. The molecule has 150 valence electrons. The fourth-order valence-corrected chi connectivity index (χ4v) is 4.35. The van der Waals surface area contributed by atoms with Gasteiger partial charge in [0.2, 0.25) is 0 Å². The zero-order valence-electron chi connectivity index (χ0n) is 17.8. The molecule has 3 aromatic carbocycles. The van der Waals surface area contributed by atoms with Crippen LogP contribution in [0.4, 0.5) is 0 Å². The van der Waals surface area contributed by atoms with Gasteiger partial charge in [-0.25, -0.2) is 0 Å². The second-order valence-corrected chi connectivity index (χ2v) is 7.71. The van der Waals surface area contributed by atoms with Crippen LogP contribution in [-0.2, 0) is 7.05 Å². The number of fused-ring (bicyclic) bond motifs is 1. The third-order valence-electron chi connectivity index (χ3n) is 5.86.